The van der Waals surface area contributed by atoms with Crippen molar-refractivity contribution in [3.05, 3.63) is 35.4 Å². The molecule has 1 heterocycles. The Kier molecular flexibility index (Phi) is 5.17. The lowest BCUT2D eigenvalue weighted by atomic mass is 9.94. The summed E-state index contributed by atoms with van der Waals surface area (Å²) in [6.07, 6.45) is 0.748. The average molecular weight is 313 g/mol. The molecule has 1 aliphatic heterocycles. The summed E-state index contributed by atoms with van der Waals surface area (Å²) >= 11 is 0. The highest BCUT2D eigenvalue weighted by Crippen LogP contribution is 2.35. The van der Waals surface area contributed by atoms with Gasteiger partial charge in [0, 0.05) is 6.54 Å². The van der Waals surface area contributed by atoms with Gasteiger partial charge in [-0.3, -0.25) is 14.3 Å². The minimum Gasteiger partial charge on any atom is -0.468 e. The molecule has 0 saturated heterocycles. The lowest BCUT2D eigenvalue weighted by molar-refractivity contribution is -0.147. The summed E-state index contributed by atoms with van der Waals surface area (Å²) in [5, 5.41) is 0. The summed E-state index contributed by atoms with van der Waals surface area (Å²) in [5.41, 5.74) is 2.27. The Bertz CT molecular complexity index is 556. The number of rotatable bonds is 5. The highest BCUT2D eigenvalue weighted by molar-refractivity contribution is 7.51. The zero-order valence-electron chi connectivity index (χ0n) is 11.9. The van der Waals surface area contributed by atoms with E-state index in [4.69, 9.17) is 14.5 Å². The molecule has 1 aromatic rings. The van der Waals surface area contributed by atoms with Gasteiger partial charge in [-0.25, -0.2) is 0 Å². The second-order valence-corrected chi connectivity index (χ2v) is 7.00. The van der Waals surface area contributed by atoms with Gasteiger partial charge in [-0.2, -0.15) is 0 Å². The van der Waals surface area contributed by atoms with Gasteiger partial charge >= 0.3 is 13.6 Å². The lowest BCUT2D eigenvalue weighted by Gasteiger charge is -2.35. The number of benzene rings is 1. The Hall–Kier alpha value is -1.20. The highest BCUT2D eigenvalue weighted by atomic mass is 31.2. The van der Waals surface area contributed by atoms with Crippen molar-refractivity contribution >= 4 is 13.6 Å². The number of fused-ring (bicyclic) bond motifs is 1. The molecule has 0 radical (unpaired) electrons. The largest absolute Gasteiger partial charge is 0.468 e. The standard InChI is InChI=1S/C14H20NO5P/c1-20-14(16)13-9-11-5-2-3-6-12(11)10-15(13)7-4-8-21(17,18)19/h2-3,5-6,13H,4,7-10H2,1H3,(H2,17,18,19). The maximum absolute atomic E-state index is 11.9. The fourth-order valence-electron chi connectivity index (χ4n) is 2.66. The van der Waals surface area contributed by atoms with Crippen LogP contribution in [-0.2, 0) is 27.1 Å². The number of carbonyl (C=O) groups excluding carboxylic acids is 1. The maximum atomic E-state index is 11.9. The number of carbonyl (C=O) groups is 1. The Morgan fingerprint density at radius 1 is 1.38 bits per heavy atom. The smallest absolute Gasteiger partial charge is 0.325 e. The van der Waals surface area contributed by atoms with E-state index in [1.54, 1.807) is 0 Å². The first kappa shape index (κ1) is 16.2. The predicted octanol–water partition coefficient (Wildman–Crippen LogP) is 1.15. The van der Waals surface area contributed by atoms with Crippen molar-refractivity contribution in [2.45, 2.75) is 25.4 Å². The van der Waals surface area contributed by atoms with E-state index in [9.17, 15) is 9.36 Å². The molecule has 0 aromatic heterocycles. The summed E-state index contributed by atoms with van der Waals surface area (Å²) in [6, 6.07) is 7.51. The van der Waals surface area contributed by atoms with Gasteiger partial charge in [-0.05, 0) is 30.5 Å². The first-order valence-electron chi connectivity index (χ1n) is 6.84. The lowest BCUT2D eigenvalue weighted by Crippen LogP contribution is -2.46. The fourth-order valence-corrected chi connectivity index (χ4v) is 3.21. The Morgan fingerprint density at radius 3 is 2.67 bits per heavy atom. The summed E-state index contributed by atoms with van der Waals surface area (Å²) in [7, 11) is -2.63. The molecule has 1 aliphatic rings. The van der Waals surface area contributed by atoms with Crippen molar-refractivity contribution < 1.29 is 23.9 Å². The SMILES string of the molecule is COC(=O)C1Cc2ccccc2CN1CCCP(=O)(O)O. The monoisotopic (exact) mass is 313 g/mol. The molecule has 0 saturated carbocycles. The van der Waals surface area contributed by atoms with Gasteiger partial charge in [0.2, 0.25) is 0 Å². The Morgan fingerprint density at radius 2 is 2.05 bits per heavy atom. The topological polar surface area (TPSA) is 87.1 Å². The van der Waals surface area contributed by atoms with Crippen molar-refractivity contribution in [1.82, 2.24) is 4.90 Å². The van der Waals surface area contributed by atoms with Crippen LogP contribution in [0.15, 0.2) is 24.3 Å². The highest BCUT2D eigenvalue weighted by Gasteiger charge is 2.32. The molecule has 0 aliphatic carbocycles. The average Bonchev–Trinajstić information content (AvgIpc) is 2.44. The quantitative estimate of drug-likeness (QED) is 0.626. The molecule has 0 amide bonds. The van der Waals surface area contributed by atoms with E-state index >= 15 is 0 Å². The predicted molar refractivity (Wildman–Crippen MR) is 77.9 cm³/mol. The second kappa shape index (κ2) is 6.71. The molecule has 2 rings (SSSR count). The number of ether oxygens (including phenoxy) is 1. The minimum absolute atomic E-state index is 0.168. The second-order valence-electron chi connectivity index (χ2n) is 5.22. The van der Waals surface area contributed by atoms with Gasteiger partial charge in [-0.1, -0.05) is 24.3 Å². The third kappa shape index (κ3) is 4.38. The van der Waals surface area contributed by atoms with Crippen LogP contribution in [-0.4, -0.2) is 46.5 Å². The van der Waals surface area contributed by atoms with Crippen LogP contribution in [0.4, 0.5) is 0 Å². The van der Waals surface area contributed by atoms with Gasteiger partial charge in [-0.15, -0.1) is 0 Å². The first-order chi connectivity index (χ1) is 9.90. The van der Waals surface area contributed by atoms with E-state index < -0.39 is 7.60 Å². The molecule has 116 valence electrons. The summed E-state index contributed by atoms with van der Waals surface area (Å²) < 4.78 is 15.8. The Labute approximate surface area is 123 Å². The van der Waals surface area contributed by atoms with Crippen LogP contribution in [0, 0.1) is 0 Å². The van der Waals surface area contributed by atoms with Crippen LogP contribution in [0.3, 0.4) is 0 Å². The molecule has 1 aromatic carbocycles. The molecule has 0 fully saturated rings. The zero-order chi connectivity index (χ0) is 15.5. The van der Waals surface area contributed by atoms with Gasteiger partial charge in [0.25, 0.3) is 0 Å². The van der Waals surface area contributed by atoms with E-state index in [1.165, 1.54) is 7.11 Å². The molecule has 1 atom stereocenters. The third-order valence-electron chi connectivity index (χ3n) is 3.71. The number of methoxy groups -OCH3 is 1. The molecule has 1 unspecified atom stereocenters. The molecular formula is C14H20NO5P. The van der Waals surface area contributed by atoms with Crippen LogP contribution in [0.1, 0.15) is 17.5 Å². The third-order valence-corrected chi connectivity index (χ3v) is 4.61. The molecule has 6 nitrogen and oxygen atoms in total. The molecule has 0 bridgehead atoms. The van der Waals surface area contributed by atoms with Gasteiger partial charge in [0.1, 0.15) is 6.04 Å². The molecule has 7 heteroatoms. The number of esters is 1. The number of nitrogens with zero attached hydrogens (tertiary/aromatic N) is 1. The van der Waals surface area contributed by atoms with Crippen LogP contribution in [0.5, 0.6) is 0 Å². The first-order valence-corrected chi connectivity index (χ1v) is 8.63. The van der Waals surface area contributed by atoms with Gasteiger partial charge in [0.15, 0.2) is 0 Å². The van der Waals surface area contributed by atoms with Gasteiger partial charge in [0.05, 0.1) is 13.3 Å². The van der Waals surface area contributed by atoms with E-state index in [0.717, 1.165) is 11.1 Å². The fraction of sp³-hybridized carbons (Fsp3) is 0.500. The summed E-state index contributed by atoms with van der Waals surface area (Å²) in [6.45, 7) is 1.05. The Balaban J connectivity index is 2.09. The molecule has 2 N–H and O–H groups in total. The maximum Gasteiger partial charge on any atom is 0.325 e. The molecule has 0 spiro atoms. The van der Waals surface area contributed by atoms with E-state index in [-0.39, 0.29) is 18.2 Å². The van der Waals surface area contributed by atoms with Crippen molar-refractivity contribution in [3.8, 4) is 0 Å². The van der Waals surface area contributed by atoms with Crippen molar-refractivity contribution in [2.75, 3.05) is 19.8 Å². The van der Waals surface area contributed by atoms with Crippen molar-refractivity contribution in [2.24, 2.45) is 0 Å². The van der Waals surface area contributed by atoms with Gasteiger partial charge < -0.3 is 14.5 Å². The van der Waals surface area contributed by atoms with Crippen LogP contribution >= 0.6 is 7.60 Å². The number of hydrogen-bond donors (Lipinski definition) is 2. The van der Waals surface area contributed by atoms with E-state index in [2.05, 4.69) is 0 Å². The van der Waals surface area contributed by atoms with E-state index in [0.29, 0.717) is 25.9 Å². The number of hydrogen-bond acceptors (Lipinski definition) is 4. The zero-order valence-corrected chi connectivity index (χ0v) is 12.8. The summed E-state index contributed by atoms with van der Waals surface area (Å²) in [4.78, 5) is 31.7. The minimum atomic E-state index is -3.99. The van der Waals surface area contributed by atoms with Crippen LogP contribution < -0.4 is 0 Å². The molecule has 21 heavy (non-hydrogen) atoms. The van der Waals surface area contributed by atoms with Crippen LogP contribution in [0.25, 0.3) is 0 Å². The normalized spacial score (nSPS) is 19.1. The van der Waals surface area contributed by atoms with Crippen molar-refractivity contribution in [3.63, 3.8) is 0 Å². The summed E-state index contributed by atoms with van der Waals surface area (Å²) in [5.74, 6) is -0.305. The van der Waals surface area contributed by atoms with Crippen molar-refractivity contribution in [1.29, 1.82) is 0 Å². The molecular weight excluding hydrogens is 293 g/mol. The van der Waals surface area contributed by atoms with E-state index in [1.807, 2.05) is 29.2 Å². The van der Waals surface area contributed by atoms with Crippen LogP contribution in [0.2, 0.25) is 0 Å².